The molecule has 120 valence electrons. The van der Waals surface area contributed by atoms with E-state index in [4.69, 9.17) is 0 Å². The Morgan fingerprint density at radius 3 is 0.235 bits per heavy atom. The van der Waals surface area contributed by atoms with Crippen LogP contribution in [0, 0.1) is 0 Å². The molecule has 0 rings (SSSR count). The average Bonchev–Trinajstić information content (AvgIpc) is 0. The Hall–Kier alpha value is 3.01. The molecule has 0 atom stereocenters. The number of hydrogen-bond donors (Lipinski definition) is 0. The zero-order valence-corrected chi connectivity index (χ0v) is 17.2. The third-order valence-electron chi connectivity index (χ3n) is 0. The van der Waals surface area contributed by atoms with Crippen LogP contribution in [-0.2, 0) is 171 Å². The molecule has 0 bridgehead atoms. The molecule has 0 aliphatic heterocycles. The van der Waals surface area contributed by atoms with E-state index in [0.29, 0.717) is 0 Å². The van der Waals surface area contributed by atoms with Crippen molar-refractivity contribution in [2.24, 2.45) is 0 Å². The predicted molar refractivity (Wildman–Crippen MR) is 7.55 cm³/mol. The maximum Gasteiger partial charge on any atom is 3.00 e. The van der Waals surface area contributed by atoms with Crippen LogP contribution in [0.2, 0.25) is 0 Å². The Bertz CT molecular complexity index is 25.4. The van der Waals surface area contributed by atoms with E-state index in [9.17, 15) is 0 Å². The molecule has 0 spiro atoms. The van der Waals surface area contributed by atoms with Crippen LogP contribution in [0.4, 0.5) is 0 Å². The first-order valence-corrected chi connectivity index (χ1v) is 0. The first-order chi connectivity index (χ1) is 0. The Morgan fingerprint density at radius 2 is 0.235 bits per heavy atom. The molecule has 0 amide bonds. The topological polar surface area (TPSA) is 314 Å². The SMILES string of the molecule is [Fe+3].[Fe+3].[Mn+2].[Mn+2].[O-2].[O-2].[O-2].[O-2].[O-2].[O-2].[O-2].[O-2].[O-2].[O-2].[O-2].[W].[W]. The quantitative estimate of drug-likeness (QED) is 0.259. The summed E-state index contributed by atoms with van der Waals surface area (Å²) in [6.45, 7) is 0. The fourth-order valence-electron chi connectivity index (χ4n) is 0. The molecule has 0 aliphatic carbocycles. The van der Waals surface area contributed by atoms with Crippen molar-refractivity contribution in [1.29, 1.82) is 0 Å². The molecular weight excluding hydrogens is 765 g/mol. The fraction of sp³-hybridized carbons (Fsp3) is 0. The van der Waals surface area contributed by atoms with E-state index in [1.807, 2.05) is 0 Å². The third-order valence-corrected chi connectivity index (χ3v) is 0. The summed E-state index contributed by atoms with van der Waals surface area (Å²) in [6, 6.07) is 0. The molecule has 0 N–H and O–H groups in total. The van der Waals surface area contributed by atoms with Crippen LogP contribution >= 0.6 is 0 Å². The second-order valence-electron chi connectivity index (χ2n) is 0. The van der Waals surface area contributed by atoms with Gasteiger partial charge in [0.25, 0.3) is 0 Å². The Labute approximate surface area is 169 Å². The maximum atomic E-state index is 0. The number of hydrogen-bond acceptors (Lipinski definition) is 0. The molecule has 4 radical (unpaired) electrons. The standard InChI is InChI=1S/2Fe.2Mn.11O.2W/q2*+3;2*+2;11*-2;;. The normalized spacial score (nSPS) is 0. The zero-order valence-electron chi connectivity index (χ0n) is 6.77. The van der Waals surface area contributed by atoms with Gasteiger partial charge in [-0.1, -0.05) is 0 Å². The predicted octanol–water partition coefficient (Wildman–Crippen LogP) is -1.32. The molecule has 0 heterocycles. The molecular formula is Fe2Mn2O11W2-12. The summed E-state index contributed by atoms with van der Waals surface area (Å²) in [4.78, 5) is 0. The van der Waals surface area contributed by atoms with Gasteiger partial charge >= 0.3 is 68.3 Å². The Kier molecular flexibility index (Phi) is 31800. The van der Waals surface area contributed by atoms with Crippen LogP contribution in [0.1, 0.15) is 0 Å². The van der Waals surface area contributed by atoms with Crippen LogP contribution in [-0.4, -0.2) is 0 Å². The van der Waals surface area contributed by atoms with Crippen LogP contribution in [0.25, 0.3) is 0 Å². The van der Waals surface area contributed by atoms with Crippen molar-refractivity contribution in [2.45, 2.75) is 0 Å². The summed E-state index contributed by atoms with van der Waals surface area (Å²) in [5.41, 5.74) is 0. The van der Waals surface area contributed by atoms with Gasteiger partial charge in [-0.3, -0.25) is 0 Å². The van der Waals surface area contributed by atoms with E-state index >= 15 is 0 Å². The van der Waals surface area contributed by atoms with Gasteiger partial charge in [-0.15, -0.1) is 0 Å². The maximum absolute atomic E-state index is 0. The van der Waals surface area contributed by atoms with Gasteiger partial charge in [0.15, 0.2) is 0 Å². The van der Waals surface area contributed by atoms with Crippen LogP contribution in [0.3, 0.4) is 0 Å². The molecule has 0 aliphatic rings. The molecule has 0 aromatic heterocycles. The molecule has 0 fully saturated rings. The second-order valence-corrected chi connectivity index (χ2v) is 0. The van der Waals surface area contributed by atoms with Crippen LogP contribution in [0.15, 0.2) is 0 Å². The van der Waals surface area contributed by atoms with Gasteiger partial charge in [-0.25, -0.2) is 0 Å². The van der Waals surface area contributed by atoms with Crippen molar-refractivity contribution in [1.82, 2.24) is 0 Å². The van der Waals surface area contributed by atoms with Gasteiger partial charge in [-0.2, -0.15) is 0 Å². The Morgan fingerprint density at radius 1 is 0.235 bits per heavy atom. The van der Waals surface area contributed by atoms with E-state index in [-0.39, 0.29) is 171 Å². The summed E-state index contributed by atoms with van der Waals surface area (Å²) >= 11 is 0. The molecule has 17 heteroatoms. The van der Waals surface area contributed by atoms with Gasteiger partial charge in [0.2, 0.25) is 0 Å². The van der Waals surface area contributed by atoms with Crippen molar-refractivity contribution >= 4 is 0 Å². The van der Waals surface area contributed by atoms with E-state index in [0.717, 1.165) is 0 Å². The van der Waals surface area contributed by atoms with E-state index in [2.05, 4.69) is 0 Å². The van der Waals surface area contributed by atoms with E-state index in [1.165, 1.54) is 0 Å². The van der Waals surface area contributed by atoms with Crippen molar-refractivity contribution in [3.63, 3.8) is 0 Å². The van der Waals surface area contributed by atoms with Gasteiger partial charge < -0.3 is 60.2 Å². The summed E-state index contributed by atoms with van der Waals surface area (Å²) in [6.07, 6.45) is 0. The molecule has 0 saturated heterocycles. The minimum Gasteiger partial charge on any atom is -2.00 e. The molecule has 11 nitrogen and oxygen atoms in total. The average molecular weight is 765 g/mol. The minimum absolute atomic E-state index is 0. The fourth-order valence-corrected chi connectivity index (χ4v) is 0. The summed E-state index contributed by atoms with van der Waals surface area (Å²) < 4.78 is 0. The summed E-state index contributed by atoms with van der Waals surface area (Å²) in [5.74, 6) is 0. The first-order valence-electron chi connectivity index (χ1n) is 0. The van der Waals surface area contributed by atoms with Gasteiger partial charge in [0.1, 0.15) is 0 Å². The molecule has 0 saturated carbocycles. The first kappa shape index (κ1) is 796. The molecule has 0 aromatic rings. The molecule has 0 unspecified atom stereocenters. The van der Waals surface area contributed by atoms with Crippen LogP contribution < -0.4 is 0 Å². The molecule has 0 aromatic carbocycles. The van der Waals surface area contributed by atoms with Crippen molar-refractivity contribution in [3.05, 3.63) is 0 Å². The molecule has 17 heavy (non-hydrogen) atoms. The third kappa shape index (κ3) is 606. The van der Waals surface area contributed by atoms with Crippen LogP contribution in [0.5, 0.6) is 0 Å². The van der Waals surface area contributed by atoms with Gasteiger partial charge in [0.05, 0.1) is 0 Å². The van der Waals surface area contributed by atoms with E-state index in [1.54, 1.807) is 0 Å². The second kappa shape index (κ2) is 679. The Balaban J connectivity index is 0. The monoisotopic (exact) mass is 766 g/mol. The van der Waals surface area contributed by atoms with Gasteiger partial charge in [0, 0.05) is 42.1 Å². The smallest absolute Gasteiger partial charge is 2.00 e. The van der Waals surface area contributed by atoms with Crippen molar-refractivity contribution < 1.29 is 171 Å². The largest absolute Gasteiger partial charge is 3.00 e. The van der Waals surface area contributed by atoms with Gasteiger partial charge in [-0.05, 0) is 0 Å². The van der Waals surface area contributed by atoms with Crippen molar-refractivity contribution in [3.8, 4) is 0 Å². The van der Waals surface area contributed by atoms with Crippen molar-refractivity contribution in [2.75, 3.05) is 0 Å². The summed E-state index contributed by atoms with van der Waals surface area (Å²) in [7, 11) is 0. The zero-order chi connectivity index (χ0) is 0. The van der Waals surface area contributed by atoms with E-state index < -0.39 is 0 Å². The summed E-state index contributed by atoms with van der Waals surface area (Å²) in [5, 5.41) is 0. The minimum atomic E-state index is 0. The number of rotatable bonds is 0.